The maximum Gasteiger partial charge on any atom is 0.238 e. The van der Waals surface area contributed by atoms with Gasteiger partial charge in [-0.25, -0.2) is 0 Å². The predicted molar refractivity (Wildman–Crippen MR) is 148 cm³/mol. The van der Waals surface area contributed by atoms with Gasteiger partial charge in [0.2, 0.25) is 23.6 Å². The Kier molecular flexibility index (Phi) is 10.2. The summed E-state index contributed by atoms with van der Waals surface area (Å²) in [6.45, 7) is 4.52. The summed E-state index contributed by atoms with van der Waals surface area (Å²) in [5.74, 6) is 1.23. The Morgan fingerprint density at radius 2 is 1.66 bits per heavy atom. The molecule has 1 saturated heterocycles. The molecule has 0 spiro atoms. The molecule has 11 heteroatoms. The average Bonchev–Trinajstić information content (AvgIpc) is 2.95. The van der Waals surface area contributed by atoms with E-state index in [1.807, 2.05) is 54.6 Å². The third kappa shape index (κ3) is 7.81. The lowest BCUT2D eigenvalue weighted by molar-refractivity contribution is -0.114. The molecule has 2 aromatic carbocycles. The number of anilines is 2. The highest BCUT2D eigenvalue weighted by Gasteiger charge is 2.24. The van der Waals surface area contributed by atoms with Crippen molar-refractivity contribution in [1.82, 2.24) is 14.9 Å². The third-order valence-electron chi connectivity index (χ3n) is 5.87. The Bertz CT molecular complexity index is 1170. The molecule has 0 atom stereocenters. The molecule has 1 amide bonds. The number of nitrogens with zero attached hydrogens (tertiary/aromatic N) is 4. The number of carbonyl (C=O) groups excluding carboxylic acids is 1. The minimum Gasteiger partial charge on any atom is -0.474 e. The number of carbonyl (C=O) groups is 1. The smallest absolute Gasteiger partial charge is 0.238 e. The number of rotatable bonds is 12. The van der Waals surface area contributed by atoms with Crippen molar-refractivity contribution < 1.29 is 19.0 Å². The number of aromatic nitrogens is 2. The molecule has 1 aromatic heterocycles. The SMILES string of the molecule is COCCOc1nc(N2CCN(C)CC2)nc(OCc2ccccc2)c1Sc1ccc(NC(=O)CN)cc1. The van der Waals surface area contributed by atoms with Crippen LogP contribution in [0.15, 0.2) is 64.4 Å². The van der Waals surface area contributed by atoms with E-state index in [1.54, 1.807) is 7.11 Å². The number of ether oxygens (including phenoxy) is 3. The van der Waals surface area contributed by atoms with E-state index in [0.29, 0.717) is 48.1 Å². The highest BCUT2D eigenvalue weighted by molar-refractivity contribution is 7.99. The lowest BCUT2D eigenvalue weighted by Gasteiger charge is -2.32. The number of nitrogens with two attached hydrogens (primary N) is 1. The Labute approximate surface area is 227 Å². The van der Waals surface area contributed by atoms with E-state index >= 15 is 0 Å². The molecular weight excluding hydrogens is 504 g/mol. The van der Waals surface area contributed by atoms with Crippen LogP contribution in [0.1, 0.15) is 5.56 Å². The standard InChI is InChI=1S/C27H34N6O4S/c1-32-12-14-33(15-13-32)27-30-25(36-17-16-35-2)24(26(31-27)37-19-20-6-4-3-5-7-20)38-22-10-8-21(9-11-22)29-23(34)18-28/h3-11H,12-19,28H2,1-2H3,(H,29,34). The van der Waals surface area contributed by atoms with Gasteiger partial charge in [-0.05, 0) is 36.9 Å². The summed E-state index contributed by atoms with van der Waals surface area (Å²) >= 11 is 1.44. The fraction of sp³-hybridized carbons (Fsp3) is 0.370. The van der Waals surface area contributed by atoms with Crippen molar-refractivity contribution in [3.05, 3.63) is 60.2 Å². The van der Waals surface area contributed by atoms with Crippen LogP contribution < -0.4 is 25.4 Å². The summed E-state index contributed by atoms with van der Waals surface area (Å²) in [7, 11) is 3.74. The topological polar surface area (TPSA) is 115 Å². The first kappa shape index (κ1) is 27.6. The molecule has 1 aliphatic heterocycles. The Balaban J connectivity index is 1.66. The van der Waals surface area contributed by atoms with Crippen LogP contribution >= 0.6 is 11.8 Å². The van der Waals surface area contributed by atoms with Gasteiger partial charge in [0, 0.05) is 43.9 Å². The van der Waals surface area contributed by atoms with E-state index < -0.39 is 0 Å². The molecule has 3 N–H and O–H groups in total. The van der Waals surface area contributed by atoms with Gasteiger partial charge in [0.15, 0.2) is 0 Å². The van der Waals surface area contributed by atoms with E-state index in [2.05, 4.69) is 22.2 Å². The maximum absolute atomic E-state index is 11.6. The number of nitrogens with one attached hydrogen (secondary N) is 1. The van der Waals surface area contributed by atoms with Crippen LogP contribution in [0.25, 0.3) is 0 Å². The minimum atomic E-state index is -0.247. The van der Waals surface area contributed by atoms with Crippen molar-refractivity contribution in [2.75, 3.05) is 70.3 Å². The van der Waals surface area contributed by atoms with E-state index in [1.165, 1.54) is 11.8 Å². The number of piperazine rings is 1. The second kappa shape index (κ2) is 14.0. The lowest BCUT2D eigenvalue weighted by Crippen LogP contribution is -2.45. The van der Waals surface area contributed by atoms with Gasteiger partial charge in [-0.1, -0.05) is 42.1 Å². The number of methoxy groups -OCH3 is 1. The monoisotopic (exact) mass is 538 g/mol. The average molecular weight is 539 g/mol. The van der Waals surface area contributed by atoms with Crippen molar-refractivity contribution in [2.24, 2.45) is 5.73 Å². The largest absolute Gasteiger partial charge is 0.474 e. The van der Waals surface area contributed by atoms with Crippen molar-refractivity contribution >= 4 is 29.3 Å². The minimum absolute atomic E-state index is 0.0716. The van der Waals surface area contributed by atoms with Gasteiger partial charge in [0.25, 0.3) is 0 Å². The number of amides is 1. The van der Waals surface area contributed by atoms with Gasteiger partial charge in [-0.2, -0.15) is 9.97 Å². The summed E-state index contributed by atoms with van der Waals surface area (Å²) in [4.78, 5) is 27.3. The van der Waals surface area contributed by atoms with Crippen LogP contribution in [0.2, 0.25) is 0 Å². The molecule has 2 heterocycles. The Morgan fingerprint density at radius 1 is 0.974 bits per heavy atom. The normalized spacial score (nSPS) is 13.8. The quantitative estimate of drug-likeness (QED) is 0.334. The first-order chi connectivity index (χ1) is 18.6. The van der Waals surface area contributed by atoms with Crippen molar-refractivity contribution in [1.29, 1.82) is 0 Å². The highest BCUT2D eigenvalue weighted by atomic mass is 32.2. The van der Waals surface area contributed by atoms with Gasteiger partial charge >= 0.3 is 0 Å². The van der Waals surface area contributed by atoms with Gasteiger partial charge in [-0.15, -0.1) is 0 Å². The summed E-state index contributed by atoms with van der Waals surface area (Å²) in [5, 5.41) is 2.76. The zero-order valence-electron chi connectivity index (χ0n) is 21.8. The first-order valence-corrected chi connectivity index (χ1v) is 13.3. The van der Waals surface area contributed by atoms with Gasteiger partial charge in [-0.3, -0.25) is 4.79 Å². The molecule has 0 aliphatic carbocycles. The number of hydrogen-bond donors (Lipinski definition) is 2. The molecule has 3 aromatic rings. The van der Waals surface area contributed by atoms with Crippen LogP contribution in [0.3, 0.4) is 0 Å². The van der Waals surface area contributed by atoms with Gasteiger partial charge < -0.3 is 35.1 Å². The highest BCUT2D eigenvalue weighted by Crippen LogP contribution is 2.41. The van der Waals surface area contributed by atoms with E-state index in [9.17, 15) is 4.79 Å². The fourth-order valence-corrected chi connectivity index (χ4v) is 4.61. The predicted octanol–water partition coefficient (Wildman–Crippen LogP) is 2.88. The molecule has 0 saturated carbocycles. The zero-order valence-corrected chi connectivity index (χ0v) is 22.6. The van der Waals surface area contributed by atoms with Gasteiger partial charge in [0.1, 0.15) is 18.1 Å². The number of hydrogen-bond acceptors (Lipinski definition) is 10. The van der Waals surface area contributed by atoms with Crippen molar-refractivity contribution in [3.8, 4) is 11.8 Å². The molecule has 1 fully saturated rings. The number of likely N-dealkylation sites (N-methyl/N-ethyl adjacent to an activating group) is 1. The molecule has 10 nitrogen and oxygen atoms in total. The molecule has 4 rings (SSSR count). The van der Waals surface area contributed by atoms with Crippen LogP contribution in [0.5, 0.6) is 11.8 Å². The lowest BCUT2D eigenvalue weighted by atomic mass is 10.2. The van der Waals surface area contributed by atoms with Crippen LogP contribution in [0.4, 0.5) is 11.6 Å². The van der Waals surface area contributed by atoms with Crippen LogP contribution in [0, 0.1) is 0 Å². The molecule has 0 unspecified atom stereocenters. The Hall–Kier alpha value is -3.38. The van der Waals surface area contributed by atoms with E-state index in [4.69, 9.17) is 29.9 Å². The number of benzene rings is 2. The molecule has 202 valence electrons. The summed E-state index contributed by atoms with van der Waals surface area (Å²) in [5.41, 5.74) is 7.11. The fourth-order valence-electron chi connectivity index (χ4n) is 3.71. The van der Waals surface area contributed by atoms with Crippen LogP contribution in [-0.2, 0) is 16.1 Å². The molecule has 38 heavy (non-hydrogen) atoms. The van der Waals surface area contributed by atoms with Crippen molar-refractivity contribution in [3.63, 3.8) is 0 Å². The summed E-state index contributed by atoms with van der Waals surface area (Å²) in [6, 6.07) is 17.4. The maximum atomic E-state index is 11.6. The van der Waals surface area contributed by atoms with Crippen LogP contribution in [-0.4, -0.2) is 80.9 Å². The first-order valence-electron chi connectivity index (χ1n) is 12.5. The van der Waals surface area contributed by atoms with E-state index in [0.717, 1.165) is 36.6 Å². The molecule has 0 radical (unpaired) electrons. The molecule has 1 aliphatic rings. The van der Waals surface area contributed by atoms with Crippen molar-refractivity contribution in [2.45, 2.75) is 16.4 Å². The van der Waals surface area contributed by atoms with Gasteiger partial charge in [0.05, 0.1) is 13.2 Å². The third-order valence-corrected chi connectivity index (χ3v) is 6.93. The van der Waals surface area contributed by atoms with E-state index in [-0.39, 0.29) is 12.5 Å². The second-order valence-corrected chi connectivity index (χ2v) is 9.83. The Morgan fingerprint density at radius 3 is 2.32 bits per heavy atom. The summed E-state index contributed by atoms with van der Waals surface area (Å²) in [6.07, 6.45) is 0. The summed E-state index contributed by atoms with van der Waals surface area (Å²) < 4.78 is 17.6. The molecule has 0 bridgehead atoms. The second-order valence-electron chi connectivity index (χ2n) is 8.75. The zero-order chi connectivity index (χ0) is 26.7. The molecular formula is C27H34N6O4S.